The number of hydrogen-bond acceptors (Lipinski definition) is 5. The van der Waals surface area contributed by atoms with Gasteiger partial charge < -0.3 is 10.1 Å². The summed E-state index contributed by atoms with van der Waals surface area (Å²) in [4.78, 5) is 8.46. The molecule has 0 fully saturated rings. The fourth-order valence-corrected chi connectivity index (χ4v) is 2.23. The van der Waals surface area contributed by atoms with Crippen molar-refractivity contribution in [3.8, 4) is 5.75 Å². The number of nitrogens with zero attached hydrogens (tertiary/aromatic N) is 4. The molecule has 0 saturated heterocycles. The van der Waals surface area contributed by atoms with Crippen LogP contribution in [0.25, 0.3) is 5.78 Å². The third-order valence-corrected chi connectivity index (χ3v) is 3.36. The van der Waals surface area contributed by atoms with Crippen LogP contribution in [0, 0.1) is 6.92 Å². The highest BCUT2D eigenvalue weighted by molar-refractivity contribution is 5.46. The van der Waals surface area contributed by atoms with Crippen molar-refractivity contribution < 1.29 is 4.74 Å². The minimum absolute atomic E-state index is 0.130. The van der Waals surface area contributed by atoms with E-state index in [4.69, 9.17) is 4.74 Å². The fraction of sp³-hybridized carbons (Fsp3) is 0.267. The summed E-state index contributed by atoms with van der Waals surface area (Å²) in [5, 5.41) is 7.64. The number of rotatable bonds is 4. The van der Waals surface area contributed by atoms with Gasteiger partial charge in [-0.15, -0.1) is 0 Å². The van der Waals surface area contributed by atoms with Crippen molar-refractivity contribution in [2.75, 3.05) is 12.4 Å². The Balaban J connectivity index is 1.88. The molecule has 3 aromatic rings. The maximum atomic E-state index is 5.18. The highest BCUT2D eigenvalue weighted by Gasteiger charge is 2.10. The molecule has 0 amide bonds. The molecule has 0 bridgehead atoms. The Hall–Kier alpha value is -2.63. The summed E-state index contributed by atoms with van der Waals surface area (Å²) in [5.41, 5.74) is 2.07. The van der Waals surface area contributed by atoms with E-state index in [1.165, 1.54) is 11.9 Å². The summed E-state index contributed by atoms with van der Waals surface area (Å²) in [6.07, 6.45) is 1.50. The summed E-state index contributed by atoms with van der Waals surface area (Å²) in [5.74, 6) is 2.32. The van der Waals surface area contributed by atoms with Crippen LogP contribution in [0.5, 0.6) is 5.75 Å². The molecular weight excluding hydrogens is 266 g/mol. The lowest BCUT2D eigenvalue weighted by Gasteiger charge is -2.16. The lowest BCUT2D eigenvalue weighted by atomic mass is 10.1. The van der Waals surface area contributed by atoms with Gasteiger partial charge in [0.2, 0.25) is 0 Å². The fourth-order valence-electron chi connectivity index (χ4n) is 2.23. The van der Waals surface area contributed by atoms with Gasteiger partial charge in [0.1, 0.15) is 17.9 Å². The Kier molecular flexibility index (Phi) is 3.43. The number of anilines is 1. The first-order chi connectivity index (χ1) is 10.2. The largest absolute Gasteiger partial charge is 0.497 e. The molecule has 1 unspecified atom stereocenters. The van der Waals surface area contributed by atoms with Crippen LogP contribution in [-0.4, -0.2) is 26.7 Å². The van der Waals surface area contributed by atoms with E-state index in [2.05, 4.69) is 27.3 Å². The van der Waals surface area contributed by atoms with E-state index < -0.39 is 0 Å². The smallest absolute Gasteiger partial charge is 0.254 e. The molecule has 6 nitrogen and oxygen atoms in total. The van der Waals surface area contributed by atoms with Crippen molar-refractivity contribution >= 4 is 11.6 Å². The topological polar surface area (TPSA) is 64.3 Å². The van der Waals surface area contributed by atoms with Crippen LogP contribution < -0.4 is 10.1 Å². The SMILES string of the molecule is COc1ccc(C(C)Nc2cc(C)nc3ncnn23)cc1. The number of hydrogen-bond donors (Lipinski definition) is 1. The summed E-state index contributed by atoms with van der Waals surface area (Å²) < 4.78 is 6.88. The van der Waals surface area contributed by atoms with Crippen molar-refractivity contribution in [1.29, 1.82) is 0 Å². The molecule has 1 aromatic carbocycles. The van der Waals surface area contributed by atoms with Gasteiger partial charge in [-0.05, 0) is 31.5 Å². The van der Waals surface area contributed by atoms with Gasteiger partial charge in [0.25, 0.3) is 5.78 Å². The van der Waals surface area contributed by atoms with Crippen molar-refractivity contribution in [3.63, 3.8) is 0 Å². The van der Waals surface area contributed by atoms with Gasteiger partial charge in [0, 0.05) is 17.8 Å². The van der Waals surface area contributed by atoms with E-state index in [-0.39, 0.29) is 6.04 Å². The first-order valence-corrected chi connectivity index (χ1v) is 6.75. The molecule has 108 valence electrons. The monoisotopic (exact) mass is 283 g/mol. The van der Waals surface area contributed by atoms with Gasteiger partial charge in [0.05, 0.1) is 7.11 Å². The van der Waals surface area contributed by atoms with Gasteiger partial charge in [0.15, 0.2) is 0 Å². The molecule has 0 aliphatic rings. The third kappa shape index (κ3) is 2.65. The normalized spacial score (nSPS) is 12.3. The quantitative estimate of drug-likeness (QED) is 0.797. The second-order valence-electron chi connectivity index (χ2n) is 4.89. The maximum Gasteiger partial charge on any atom is 0.254 e. The lowest BCUT2D eigenvalue weighted by molar-refractivity contribution is 0.414. The van der Waals surface area contributed by atoms with E-state index in [9.17, 15) is 0 Å². The first-order valence-electron chi connectivity index (χ1n) is 6.75. The van der Waals surface area contributed by atoms with Crippen LogP contribution in [0.2, 0.25) is 0 Å². The minimum atomic E-state index is 0.130. The van der Waals surface area contributed by atoms with Crippen LogP contribution >= 0.6 is 0 Å². The maximum absolute atomic E-state index is 5.18. The van der Waals surface area contributed by atoms with Crippen molar-refractivity contribution in [3.05, 3.63) is 47.9 Å². The summed E-state index contributed by atoms with van der Waals surface area (Å²) >= 11 is 0. The van der Waals surface area contributed by atoms with Gasteiger partial charge in [-0.3, -0.25) is 0 Å². The van der Waals surface area contributed by atoms with Crippen LogP contribution in [0.15, 0.2) is 36.7 Å². The standard InChI is InChI=1S/C15H17N5O/c1-10-8-14(20-15(18-10)16-9-17-20)19-11(2)12-4-6-13(21-3)7-5-12/h4-9,11,19H,1-3H3. The van der Waals surface area contributed by atoms with Gasteiger partial charge >= 0.3 is 0 Å². The number of benzene rings is 1. The van der Waals surface area contributed by atoms with Crippen molar-refractivity contribution in [2.45, 2.75) is 19.9 Å². The van der Waals surface area contributed by atoms with Crippen molar-refractivity contribution in [1.82, 2.24) is 19.6 Å². The second kappa shape index (κ2) is 5.40. The number of fused-ring (bicyclic) bond motifs is 1. The second-order valence-corrected chi connectivity index (χ2v) is 4.89. The molecule has 1 N–H and O–H groups in total. The molecule has 0 saturated carbocycles. The Bertz CT molecular complexity index is 750. The van der Waals surface area contributed by atoms with Gasteiger partial charge in [-0.25, -0.2) is 4.98 Å². The Morgan fingerprint density at radius 2 is 2.00 bits per heavy atom. The third-order valence-electron chi connectivity index (χ3n) is 3.36. The average Bonchev–Trinajstić information content (AvgIpc) is 2.95. The summed E-state index contributed by atoms with van der Waals surface area (Å²) in [7, 11) is 1.66. The molecule has 6 heteroatoms. The number of ether oxygens (including phenoxy) is 1. The number of aryl methyl sites for hydroxylation is 1. The summed E-state index contributed by atoms with van der Waals surface area (Å²) in [6.45, 7) is 4.04. The molecule has 2 heterocycles. The first kappa shape index (κ1) is 13.4. The van der Waals surface area contributed by atoms with E-state index in [0.29, 0.717) is 5.78 Å². The zero-order chi connectivity index (χ0) is 14.8. The van der Waals surface area contributed by atoms with Crippen LogP contribution in [0.1, 0.15) is 24.2 Å². The van der Waals surface area contributed by atoms with E-state index >= 15 is 0 Å². The van der Waals surface area contributed by atoms with E-state index in [1.807, 2.05) is 37.3 Å². The molecule has 2 aromatic heterocycles. The average molecular weight is 283 g/mol. The number of aromatic nitrogens is 4. The molecule has 0 radical (unpaired) electrons. The lowest BCUT2D eigenvalue weighted by Crippen LogP contribution is -2.11. The number of methoxy groups -OCH3 is 1. The van der Waals surface area contributed by atoms with E-state index in [1.54, 1.807) is 11.6 Å². The molecular formula is C15H17N5O. The van der Waals surface area contributed by atoms with Crippen LogP contribution in [-0.2, 0) is 0 Å². The zero-order valence-corrected chi connectivity index (χ0v) is 12.2. The molecule has 3 rings (SSSR count). The number of nitrogens with one attached hydrogen (secondary N) is 1. The molecule has 1 atom stereocenters. The molecule has 0 aliphatic carbocycles. The van der Waals surface area contributed by atoms with Crippen molar-refractivity contribution in [2.24, 2.45) is 0 Å². The predicted octanol–water partition coefficient (Wildman–Crippen LogP) is 2.61. The van der Waals surface area contributed by atoms with E-state index in [0.717, 1.165) is 17.3 Å². The van der Waals surface area contributed by atoms with Gasteiger partial charge in [-0.1, -0.05) is 12.1 Å². The Morgan fingerprint density at radius 3 is 2.71 bits per heavy atom. The zero-order valence-electron chi connectivity index (χ0n) is 12.2. The highest BCUT2D eigenvalue weighted by atomic mass is 16.5. The molecule has 0 spiro atoms. The van der Waals surface area contributed by atoms with Crippen LogP contribution in [0.4, 0.5) is 5.82 Å². The summed E-state index contributed by atoms with van der Waals surface area (Å²) in [6, 6.07) is 10.1. The minimum Gasteiger partial charge on any atom is -0.497 e. The Labute approximate surface area is 122 Å². The van der Waals surface area contributed by atoms with Gasteiger partial charge in [-0.2, -0.15) is 14.6 Å². The predicted molar refractivity (Wildman–Crippen MR) is 80.6 cm³/mol. The molecule has 0 aliphatic heterocycles. The highest BCUT2D eigenvalue weighted by Crippen LogP contribution is 2.22. The Morgan fingerprint density at radius 1 is 1.24 bits per heavy atom. The van der Waals surface area contributed by atoms with Crippen LogP contribution in [0.3, 0.4) is 0 Å². The molecule has 21 heavy (non-hydrogen) atoms.